The Morgan fingerprint density at radius 3 is 2.79 bits per heavy atom. The first-order valence-electron chi connectivity index (χ1n) is 7.05. The molecule has 2 aliphatic rings. The van der Waals surface area contributed by atoms with E-state index >= 15 is 0 Å². The van der Waals surface area contributed by atoms with E-state index in [1.807, 2.05) is 0 Å². The molecule has 1 aromatic heterocycles. The second-order valence-corrected chi connectivity index (χ2v) is 6.17. The largest absolute Gasteiger partial charge is 0.368 e. The highest BCUT2D eigenvalue weighted by atomic mass is 16.5. The van der Waals surface area contributed by atoms with E-state index in [2.05, 4.69) is 34.2 Å². The van der Waals surface area contributed by atoms with Gasteiger partial charge in [-0.05, 0) is 23.4 Å². The number of anilines is 1. The molecule has 0 bridgehead atoms. The van der Waals surface area contributed by atoms with Crippen molar-refractivity contribution in [2.75, 3.05) is 37.7 Å². The lowest BCUT2D eigenvalue weighted by Crippen LogP contribution is -2.44. The van der Waals surface area contributed by atoms with Crippen molar-refractivity contribution in [1.82, 2.24) is 15.5 Å². The highest BCUT2D eigenvalue weighted by Crippen LogP contribution is 2.36. The number of rotatable bonds is 2. The first-order valence-corrected chi connectivity index (χ1v) is 7.05. The van der Waals surface area contributed by atoms with Crippen molar-refractivity contribution in [1.29, 1.82) is 0 Å². The predicted molar refractivity (Wildman–Crippen MR) is 71.1 cm³/mol. The van der Waals surface area contributed by atoms with Crippen molar-refractivity contribution < 1.29 is 9.26 Å². The molecule has 3 rings (SSSR count). The number of piperazine rings is 1. The van der Waals surface area contributed by atoms with Gasteiger partial charge in [-0.1, -0.05) is 13.8 Å². The fourth-order valence-corrected chi connectivity index (χ4v) is 2.55. The quantitative estimate of drug-likeness (QED) is 0.872. The van der Waals surface area contributed by atoms with E-state index in [4.69, 9.17) is 9.26 Å². The number of nitrogens with zero attached hydrogens (tertiary/aromatic N) is 3. The Morgan fingerprint density at radius 1 is 1.32 bits per heavy atom. The normalized spacial score (nSPS) is 27.5. The molecule has 0 radical (unpaired) electrons. The minimum Gasteiger partial charge on any atom is -0.368 e. The Kier molecular flexibility index (Phi) is 3.45. The molecule has 1 aromatic rings. The molecule has 19 heavy (non-hydrogen) atoms. The lowest BCUT2D eigenvalue weighted by molar-refractivity contribution is -0.0629. The molecule has 0 saturated carbocycles. The fraction of sp³-hybridized carbons (Fsp3) is 0.846. The lowest BCUT2D eigenvalue weighted by atomic mass is 9.85. The minimum atomic E-state index is -0.0304. The molecule has 3 heterocycles. The van der Waals surface area contributed by atoms with Gasteiger partial charge >= 0.3 is 0 Å². The summed E-state index contributed by atoms with van der Waals surface area (Å²) in [7, 11) is 0. The molecule has 2 aliphatic heterocycles. The number of hydrogen-bond acceptors (Lipinski definition) is 6. The number of ether oxygens (including phenoxy) is 1. The standard InChI is InChI=1S/C13H22N4O2/c1-13(2)4-3-10(18-9-13)11-15-12(16-19-11)17-7-5-14-6-8-17/h10,14H,3-9H2,1-2H3. The van der Waals surface area contributed by atoms with Gasteiger partial charge in [0.15, 0.2) is 0 Å². The molecule has 106 valence electrons. The predicted octanol–water partition coefficient (Wildman–Crippen LogP) is 1.36. The number of hydrogen-bond donors (Lipinski definition) is 1. The minimum absolute atomic E-state index is 0.0304. The van der Waals surface area contributed by atoms with Crippen LogP contribution in [0.3, 0.4) is 0 Å². The average molecular weight is 266 g/mol. The molecular weight excluding hydrogens is 244 g/mol. The molecule has 0 aromatic carbocycles. The van der Waals surface area contributed by atoms with Gasteiger partial charge in [-0.15, -0.1) is 0 Å². The molecule has 6 heteroatoms. The van der Waals surface area contributed by atoms with Crippen LogP contribution < -0.4 is 10.2 Å². The van der Waals surface area contributed by atoms with E-state index in [1.165, 1.54) is 0 Å². The zero-order chi connectivity index (χ0) is 13.3. The number of nitrogens with one attached hydrogen (secondary N) is 1. The lowest BCUT2D eigenvalue weighted by Gasteiger charge is -2.32. The Morgan fingerprint density at radius 2 is 2.11 bits per heavy atom. The van der Waals surface area contributed by atoms with E-state index < -0.39 is 0 Å². The molecular formula is C13H22N4O2. The summed E-state index contributed by atoms with van der Waals surface area (Å²) < 4.78 is 11.2. The molecule has 0 spiro atoms. The molecule has 1 atom stereocenters. The van der Waals surface area contributed by atoms with Crippen molar-refractivity contribution in [2.24, 2.45) is 5.41 Å². The van der Waals surface area contributed by atoms with Gasteiger partial charge in [-0.25, -0.2) is 0 Å². The maximum Gasteiger partial charge on any atom is 0.266 e. The van der Waals surface area contributed by atoms with Gasteiger partial charge in [0.2, 0.25) is 0 Å². The molecule has 2 saturated heterocycles. The van der Waals surface area contributed by atoms with Crippen LogP contribution in [0.15, 0.2) is 4.52 Å². The Bertz CT molecular complexity index is 416. The van der Waals surface area contributed by atoms with E-state index in [-0.39, 0.29) is 11.5 Å². The van der Waals surface area contributed by atoms with Crippen LogP contribution in [0.1, 0.15) is 38.7 Å². The summed E-state index contributed by atoms with van der Waals surface area (Å²) in [5.74, 6) is 1.33. The van der Waals surface area contributed by atoms with Crippen LogP contribution in [0.5, 0.6) is 0 Å². The SMILES string of the molecule is CC1(C)CCC(c2nc(N3CCNCC3)no2)OC1. The van der Waals surface area contributed by atoms with Gasteiger partial charge in [0.05, 0.1) is 6.61 Å². The van der Waals surface area contributed by atoms with E-state index in [9.17, 15) is 0 Å². The van der Waals surface area contributed by atoms with Crippen molar-refractivity contribution in [2.45, 2.75) is 32.8 Å². The van der Waals surface area contributed by atoms with Gasteiger partial charge in [0.25, 0.3) is 11.8 Å². The summed E-state index contributed by atoms with van der Waals surface area (Å²) >= 11 is 0. The van der Waals surface area contributed by atoms with E-state index in [1.54, 1.807) is 0 Å². The summed E-state index contributed by atoms with van der Waals surface area (Å²) in [6, 6.07) is 0. The summed E-state index contributed by atoms with van der Waals surface area (Å²) in [6.45, 7) is 9.00. The highest BCUT2D eigenvalue weighted by Gasteiger charge is 2.32. The van der Waals surface area contributed by atoms with Gasteiger partial charge < -0.3 is 19.5 Å². The Balaban J connectivity index is 1.64. The molecule has 6 nitrogen and oxygen atoms in total. The summed E-state index contributed by atoms with van der Waals surface area (Å²) in [5.41, 5.74) is 0.262. The molecule has 1 unspecified atom stereocenters. The second-order valence-electron chi connectivity index (χ2n) is 6.17. The summed E-state index contributed by atoms with van der Waals surface area (Å²) in [5, 5.41) is 7.39. The maximum absolute atomic E-state index is 5.85. The zero-order valence-corrected chi connectivity index (χ0v) is 11.7. The van der Waals surface area contributed by atoms with Crippen LogP contribution in [-0.2, 0) is 4.74 Å². The van der Waals surface area contributed by atoms with Crippen LogP contribution in [-0.4, -0.2) is 42.9 Å². The third-order valence-corrected chi connectivity index (χ3v) is 3.86. The van der Waals surface area contributed by atoms with Crippen LogP contribution in [0.2, 0.25) is 0 Å². The smallest absolute Gasteiger partial charge is 0.266 e. The van der Waals surface area contributed by atoms with Crippen LogP contribution >= 0.6 is 0 Å². The summed E-state index contributed by atoms with van der Waals surface area (Å²) in [6.07, 6.45) is 2.05. The van der Waals surface area contributed by atoms with Gasteiger partial charge in [-0.2, -0.15) is 4.98 Å². The average Bonchev–Trinajstić information content (AvgIpc) is 2.89. The fourth-order valence-electron chi connectivity index (χ4n) is 2.55. The van der Waals surface area contributed by atoms with E-state index in [0.29, 0.717) is 11.8 Å². The first-order chi connectivity index (χ1) is 9.14. The van der Waals surface area contributed by atoms with Crippen LogP contribution in [0.4, 0.5) is 5.95 Å². The Hall–Kier alpha value is -1.14. The van der Waals surface area contributed by atoms with Crippen molar-refractivity contribution in [3.63, 3.8) is 0 Å². The topological polar surface area (TPSA) is 63.4 Å². The third-order valence-electron chi connectivity index (χ3n) is 3.86. The maximum atomic E-state index is 5.85. The van der Waals surface area contributed by atoms with Crippen molar-refractivity contribution in [3.8, 4) is 0 Å². The molecule has 1 N–H and O–H groups in total. The second kappa shape index (κ2) is 5.09. The summed E-state index contributed by atoms with van der Waals surface area (Å²) in [4.78, 5) is 6.65. The number of aromatic nitrogens is 2. The van der Waals surface area contributed by atoms with Crippen molar-refractivity contribution in [3.05, 3.63) is 5.89 Å². The third kappa shape index (κ3) is 2.90. The van der Waals surface area contributed by atoms with Gasteiger partial charge in [0, 0.05) is 26.2 Å². The Labute approximate surface area is 113 Å². The van der Waals surface area contributed by atoms with Gasteiger partial charge in [0.1, 0.15) is 6.10 Å². The van der Waals surface area contributed by atoms with Crippen LogP contribution in [0, 0.1) is 5.41 Å². The van der Waals surface area contributed by atoms with E-state index in [0.717, 1.165) is 45.6 Å². The van der Waals surface area contributed by atoms with Crippen LogP contribution in [0.25, 0.3) is 0 Å². The molecule has 0 amide bonds. The molecule has 2 fully saturated rings. The highest BCUT2D eigenvalue weighted by molar-refractivity contribution is 5.28. The molecule has 0 aliphatic carbocycles. The van der Waals surface area contributed by atoms with Crippen molar-refractivity contribution >= 4 is 5.95 Å². The zero-order valence-electron chi connectivity index (χ0n) is 11.7. The first kappa shape index (κ1) is 12.9. The monoisotopic (exact) mass is 266 g/mol. The van der Waals surface area contributed by atoms with Gasteiger partial charge in [-0.3, -0.25) is 0 Å².